The summed E-state index contributed by atoms with van der Waals surface area (Å²) in [4.78, 5) is 27.9. The summed E-state index contributed by atoms with van der Waals surface area (Å²) in [5.41, 5.74) is 4.31. The number of rotatable bonds is 10. The van der Waals surface area contributed by atoms with Crippen LogP contribution in [0, 0.1) is 13.8 Å². The quantitative estimate of drug-likeness (QED) is 0.600. The van der Waals surface area contributed by atoms with Crippen molar-refractivity contribution in [2.24, 2.45) is 0 Å². The molecule has 0 saturated carbocycles. The van der Waals surface area contributed by atoms with Crippen LogP contribution in [-0.4, -0.2) is 29.3 Å². The topological polar surface area (TPSA) is 49.4 Å². The molecule has 2 aromatic carbocycles. The van der Waals surface area contributed by atoms with Crippen LogP contribution in [0.15, 0.2) is 48.5 Å². The Kier molecular flexibility index (Phi) is 8.91. The van der Waals surface area contributed by atoms with E-state index in [4.69, 9.17) is 0 Å². The first-order valence-corrected chi connectivity index (χ1v) is 10.6. The van der Waals surface area contributed by atoms with Crippen molar-refractivity contribution >= 4 is 11.8 Å². The number of nitrogens with one attached hydrogen (secondary N) is 1. The van der Waals surface area contributed by atoms with Gasteiger partial charge < -0.3 is 10.2 Å². The third-order valence-electron chi connectivity index (χ3n) is 5.29. The van der Waals surface area contributed by atoms with E-state index >= 15 is 0 Å². The average molecular weight is 395 g/mol. The van der Waals surface area contributed by atoms with Crippen LogP contribution >= 0.6 is 0 Å². The molecule has 0 fully saturated rings. The Morgan fingerprint density at radius 1 is 1.00 bits per heavy atom. The maximum atomic E-state index is 13.3. The molecule has 1 N–H and O–H groups in total. The molecular weight excluding hydrogens is 360 g/mol. The number of carbonyl (C=O) groups excluding carboxylic acids is 2. The van der Waals surface area contributed by atoms with E-state index in [1.165, 1.54) is 5.56 Å². The Morgan fingerprint density at radius 2 is 1.69 bits per heavy atom. The molecule has 0 aromatic heterocycles. The van der Waals surface area contributed by atoms with Crippen LogP contribution < -0.4 is 5.32 Å². The second kappa shape index (κ2) is 11.4. The van der Waals surface area contributed by atoms with E-state index in [1.807, 2.05) is 69.3 Å². The SMILES string of the molecule is CCCCNC(=O)C(CC)N(Cc1ccc(C)cc1)C(=O)Cc1ccccc1C. The monoisotopic (exact) mass is 394 g/mol. The smallest absolute Gasteiger partial charge is 0.242 e. The van der Waals surface area contributed by atoms with Crippen molar-refractivity contribution < 1.29 is 9.59 Å². The summed E-state index contributed by atoms with van der Waals surface area (Å²) in [6.07, 6.45) is 2.86. The highest BCUT2D eigenvalue weighted by Crippen LogP contribution is 2.16. The van der Waals surface area contributed by atoms with Gasteiger partial charge in [0.15, 0.2) is 0 Å². The zero-order valence-electron chi connectivity index (χ0n) is 18.2. The van der Waals surface area contributed by atoms with Crippen molar-refractivity contribution in [2.75, 3.05) is 6.54 Å². The van der Waals surface area contributed by atoms with Gasteiger partial charge in [0.05, 0.1) is 6.42 Å². The van der Waals surface area contributed by atoms with Crippen LogP contribution in [0.3, 0.4) is 0 Å². The zero-order valence-corrected chi connectivity index (χ0v) is 18.2. The molecular formula is C25H34N2O2. The van der Waals surface area contributed by atoms with Gasteiger partial charge in [-0.25, -0.2) is 0 Å². The number of amides is 2. The Hall–Kier alpha value is -2.62. The fraction of sp³-hybridized carbons (Fsp3) is 0.440. The van der Waals surface area contributed by atoms with Gasteiger partial charge in [-0.05, 0) is 43.4 Å². The Morgan fingerprint density at radius 3 is 2.31 bits per heavy atom. The van der Waals surface area contributed by atoms with Crippen LogP contribution in [0.5, 0.6) is 0 Å². The number of benzene rings is 2. The molecule has 0 spiro atoms. The van der Waals surface area contributed by atoms with Crippen LogP contribution in [0.1, 0.15) is 55.4 Å². The lowest BCUT2D eigenvalue weighted by atomic mass is 10.0. The van der Waals surface area contributed by atoms with Crippen molar-refractivity contribution in [3.05, 3.63) is 70.8 Å². The summed E-state index contributed by atoms with van der Waals surface area (Å²) in [6.45, 7) is 9.20. The lowest BCUT2D eigenvalue weighted by Gasteiger charge is -2.31. The van der Waals surface area contributed by atoms with E-state index in [9.17, 15) is 9.59 Å². The van der Waals surface area contributed by atoms with E-state index in [0.717, 1.165) is 29.5 Å². The molecule has 2 aromatic rings. The first-order valence-electron chi connectivity index (χ1n) is 10.6. The van der Waals surface area contributed by atoms with Gasteiger partial charge in [-0.15, -0.1) is 0 Å². The highest BCUT2D eigenvalue weighted by Gasteiger charge is 2.28. The fourth-order valence-electron chi connectivity index (χ4n) is 3.39. The second-order valence-electron chi connectivity index (χ2n) is 7.68. The van der Waals surface area contributed by atoms with E-state index in [0.29, 0.717) is 25.9 Å². The van der Waals surface area contributed by atoms with Crippen LogP contribution in [0.4, 0.5) is 0 Å². The lowest BCUT2D eigenvalue weighted by molar-refractivity contribution is -0.140. The molecule has 4 heteroatoms. The molecule has 1 atom stereocenters. The molecule has 4 nitrogen and oxygen atoms in total. The maximum Gasteiger partial charge on any atom is 0.242 e. The average Bonchev–Trinajstić information content (AvgIpc) is 2.71. The first-order chi connectivity index (χ1) is 14.0. The van der Waals surface area contributed by atoms with Crippen molar-refractivity contribution in [3.8, 4) is 0 Å². The number of hydrogen-bond donors (Lipinski definition) is 1. The number of unbranched alkanes of at least 4 members (excludes halogenated alkanes) is 1. The molecule has 0 aliphatic heterocycles. The first kappa shape index (κ1) is 22.7. The number of nitrogens with zero attached hydrogens (tertiary/aromatic N) is 1. The summed E-state index contributed by atoms with van der Waals surface area (Å²) >= 11 is 0. The minimum Gasteiger partial charge on any atom is -0.354 e. The van der Waals surface area contributed by atoms with Gasteiger partial charge >= 0.3 is 0 Å². The molecule has 2 amide bonds. The number of aryl methyl sites for hydroxylation is 2. The van der Waals surface area contributed by atoms with Crippen molar-refractivity contribution in [2.45, 2.75) is 66.0 Å². The van der Waals surface area contributed by atoms with Gasteiger partial charge in [0.2, 0.25) is 11.8 Å². The fourth-order valence-corrected chi connectivity index (χ4v) is 3.39. The molecule has 2 rings (SSSR count). The van der Waals surface area contributed by atoms with Crippen LogP contribution in [0.25, 0.3) is 0 Å². The third-order valence-corrected chi connectivity index (χ3v) is 5.29. The summed E-state index contributed by atoms with van der Waals surface area (Å²) in [6, 6.07) is 15.6. The summed E-state index contributed by atoms with van der Waals surface area (Å²) < 4.78 is 0. The lowest BCUT2D eigenvalue weighted by Crippen LogP contribution is -2.49. The largest absolute Gasteiger partial charge is 0.354 e. The van der Waals surface area contributed by atoms with Crippen molar-refractivity contribution in [3.63, 3.8) is 0 Å². The summed E-state index contributed by atoms with van der Waals surface area (Å²) in [5, 5.41) is 3.01. The Labute approximate surface area is 175 Å². The normalized spacial score (nSPS) is 11.7. The molecule has 29 heavy (non-hydrogen) atoms. The van der Waals surface area contributed by atoms with E-state index in [-0.39, 0.29) is 11.8 Å². The van der Waals surface area contributed by atoms with Gasteiger partial charge in [0.1, 0.15) is 6.04 Å². The molecule has 0 aliphatic rings. The Bertz CT molecular complexity index is 799. The predicted octanol–water partition coefficient (Wildman–Crippen LogP) is 4.57. The summed E-state index contributed by atoms with van der Waals surface area (Å²) in [7, 11) is 0. The Balaban J connectivity index is 2.25. The molecule has 156 valence electrons. The van der Waals surface area contributed by atoms with E-state index in [1.54, 1.807) is 4.90 Å². The zero-order chi connectivity index (χ0) is 21.2. The van der Waals surface area contributed by atoms with Crippen molar-refractivity contribution in [1.29, 1.82) is 0 Å². The predicted molar refractivity (Wildman–Crippen MR) is 119 cm³/mol. The highest BCUT2D eigenvalue weighted by atomic mass is 16.2. The standard InChI is InChI=1S/C25H34N2O2/c1-5-7-16-26-25(29)23(6-2)27(18-21-14-12-19(3)13-15-21)24(28)17-22-11-9-8-10-20(22)4/h8-15,23H,5-7,16-18H2,1-4H3,(H,26,29). The molecule has 0 bridgehead atoms. The molecule has 0 aliphatic carbocycles. The van der Waals surface area contributed by atoms with Gasteiger partial charge in [-0.2, -0.15) is 0 Å². The molecule has 1 unspecified atom stereocenters. The minimum atomic E-state index is -0.468. The van der Waals surface area contributed by atoms with E-state index in [2.05, 4.69) is 12.2 Å². The van der Waals surface area contributed by atoms with E-state index < -0.39 is 6.04 Å². The molecule has 0 heterocycles. The highest BCUT2D eigenvalue weighted by molar-refractivity contribution is 5.88. The van der Waals surface area contributed by atoms with Crippen LogP contribution in [0.2, 0.25) is 0 Å². The van der Waals surface area contributed by atoms with Gasteiger partial charge in [-0.3, -0.25) is 9.59 Å². The second-order valence-corrected chi connectivity index (χ2v) is 7.68. The molecule has 0 radical (unpaired) electrons. The minimum absolute atomic E-state index is 0.0163. The third kappa shape index (κ3) is 6.74. The number of carbonyl (C=O) groups is 2. The number of hydrogen-bond acceptors (Lipinski definition) is 2. The summed E-state index contributed by atoms with van der Waals surface area (Å²) in [5.74, 6) is -0.0800. The van der Waals surface area contributed by atoms with Gasteiger partial charge in [0.25, 0.3) is 0 Å². The van der Waals surface area contributed by atoms with Gasteiger partial charge in [-0.1, -0.05) is 74.4 Å². The van der Waals surface area contributed by atoms with Crippen molar-refractivity contribution in [1.82, 2.24) is 10.2 Å². The maximum absolute atomic E-state index is 13.3. The van der Waals surface area contributed by atoms with Gasteiger partial charge in [0, 0.05) is 13.1 Å². The molecule has 0 saturated heterocycles. The van der Waals surface area contributed by atoms with Crippen LogP contribution in [-0.2, 0) is 22.6 Å².